The highest BCUT2D eigenvalue weighted by Gasteiger charge is 2.30. The summed E-state index contributed by atoms with van der Waals surface area (Å²) in [5, 5.41) is 44.1. The van der Waals surface area contributed by atoms with Crippen LogP contribution in [0.5, 0.6) is 5.75 Å². The quantitative estimate of drug-likeness (QED) is 0.0618. The number of aliphatic carboxylic acids is 1. The fraction of sp³-hybridized carbons (Fsp3) is 0.439. The van der Waals surface area contributed by atoms with Crippen LogP contribution in [0.15, 0.2) is 72.1 Å². The van der Waals surface area contributed by atoms with Crippen molar-refractivity contribution in [2.24, 2.45) is 5.92 Å². The number of nitrogens with one attached hydrogen (secondary N) is 6. The van der Waals surface area contributed by atoms with E-state index in [0.29, 0.717) is 6.42 Å². The summed E-state index contributed by atoms with van der Waals surface area (Å²) in [6.07, 6.45) is 6.54. The standard InChI is InChI=1S/C41H56N6O10/c1-7-10-11-12-13-14-33(50)43-30(8-2)37(52)44-31(9-3)38(53)45-32(23-24(4)5)39(54)47-35(26-17-21-29(49)22-18-26)40(55)42-28-19-15-27(16-20-28)36(51)46-34(25(6)48)41(56)57/h8-9,15-22,24-25,32,34-35,48-49H,7,10-14,23H2,1-6H3,(H,42,55)(H,43,50)(H,44,52)(H,45,53)(H,46,51)(H,47,54)(H,56,57)/b30-8+,31-9+/t25-,32-,34+,35+/m1/s1. The molecule has 9 N–H and O–H groups in total. The number of benzene rings is 2. The maximum Gasteiger partial charge on any atom is 0.328 e. The highest BCUT2D eigenvalue weighted by molar-refractivity contribution is 6.05. The van der Waals surface area contributed by atoms with Gasteiger partial charge in [-0.15, -0.1) is 0 Å². The van der Waals surface area contributed by atoms with Gasteiger partial charge in [-0.2, -0.15) is 0 Å². The number of hydrogen-bond donors (Lipinski definition) is 9. The zero-order valence-electron chi connectivity index (χ0n) is 33.3. The van der Waals surface area contributed by atoms with Crippen LogP contribution in [0, 0.1) is 5.92 Å². The minimum absolute atomic E-state index is 0.0407. The highest BCUT2D eigenvalue weighted by Crippen LogP contribution is 2.21. The van der Waals surface area contributed by atoms with Crippen LogP contribution < -0.4 is 31.9 Å². The molecule has 0 spiro atoms. The first-order valence-corrected chi connectivity index (χ1v) is 19.0. The van der Waals surface area contributed by atoms with E-state index in [-0.39, 0.29) is 58.6 Å². The number of carboxylic acids is 1. The van der Waals surface area contributed by atoms with Crippen LogP contribution in [-0.2, 0) is 28.8 Å². The van der Waals surface area contributed by atoms with Crippen LogP contribution in [-0.4, -0.2) is 74.9 Å². The number of phenols is 1. The topological polar surface area (TPSA) is 252 Å². The summed E-state index contributed by atoms with van der Waals surface area (Å²) in [7, 11) is 0. The van der Waals surface area contributed by atoms with Crippen molar-refractivity contribution in [3.05, 3.63) is 83.2 Å². The number of phenolic OH excluding ortho intramolecular Hbond substituents is 1. The molecule has 0 aliphatic rings. The average molecular weight is 793 g/mol. The first kappa shape index (κ1) is 47.1. The molecule has 16 heteroatoms. The zero-order valence-corrected chi connectivity index (χ0v) is 33.3. The van der Waals surface area contributed by atoms with Crippen molar-refractivity contribution in [3.63, 3.8) is 0 Å². The van der Waals surface area contributed by atoms with E-state index in [1.807, 2.05) is 13.8 Å². The fourth-order valence-corrected chi connectivity index (χ4v) is 5.49. The smallest absolute Gasteiger partial charge is 0.328 e. The normalized spacial score (nSPS) is 13.7. The Labute approximate surface area is 333 Å². The number of carbonyl (C=O) groups excluding carboxylic acids is 6. The largest absolute Gasteiger partial charge is 0.508 e. The van der Waals surface area contributed by atoms with E-state index in [1.54, 1.807) is 6.92 Å². The second-order valence-corrected chi connectivity index (χ2v) is 13.9. The molecule has 310 valence electrons. The van der Waals surface area contributed by atoms with Crippen molar-refractivity contribution < 1.29 is 48.9 Å². The Morgan fingerprint density at radius 3 is 1.86 bits per heavy atom. The van der Waals surface area contributed by atoms with Gasteiger partial charge in [0.25, 0.3) is 23.6 Å². The Kier molecular flexibility index (Phi) is 19.7. The molecule has 0 saturated heterocycles. The van der Waals surface area contributed by atoms with E-state index in [4.69, 9.17) is 0 Å². The van der Waals surface area contributed by atoms with Crippen LogP contribution >= 0.6 is 0 Å². The van der Waals surface area contributed by atoms with E-state index in [0.717, 1.165) is 25.7 Å². The van der Waals surface area contributed by atoms with Crippen molar-refractivity contribution in [3.8, 4) is 5.75 Å². The molecule has 4 atom stereocenters. The van der Waals surface area contributed by atoms with Crippen molar-refractivity contribution in [1.82, 2.24) is 26.6 Å². The third kappa shape index (κ3) is 15.9. The number of amides is 6. The van der Waals surface area contributed by atoms with Gasteiger partial charge in [-0.05, 0) is 81.5 Å². The molecule has 0 aliphatic carbocycles. The molecule has 2 rings (SSSR count). The van der Waals surface area contributed by atoms with Gasteiger partial charge in [0, 0.05) is 17.7 Å². The molecule has 0 saturated carbocycles. The number of anilines is 1. The summed E-state index contributed by atoms with van der Waals surface area (Å²) >= 11 is 0. The fourth-order valence-electron chi connectivity index (χ4n) is 5.49. The Bertz CT molecular complexity index is 1770. The molecule has 0 heterocycles. The minimum atomic E-state index is -1.54. The number of aliphatic hydroxyl groups excluding tert-OH is 1. The highest BCUT2D eigenvalue weighted by atomic mass is 16.4. The number of aromatic hydroxyl groups is 1. The zero-order chi connectivity index (χ0) is 42.7. The minimum Gasteiger partial charge on any atom is -0.508 e. The first-order chi connectivity index (χ1) is 27.0. The van der Waals surface area contributed by atoms with Gasteiger partial charge in [0.15, 0.2) is 6.04 Å². The monoisotopic (exact) mass is 792 g/mol. The number of rotatable bonds is 22. The number of carbonyl (C=O) groups is 7. The maximum absolute atomic E-state index is 13.9. The summed E-state index contributed by atoms with van der Waals surface area (Å²) in [6.45, 7) is 10.1. The van der Waals surface area contributed by atoms with Gasteiger partial charge in [0.2, 0.25) is 11.8 Å². The van der Waals surface area contributed by atoms with Gasteiger partial charge in [-0.1, -0.05) is 70.7 Å². The van der Waals surface area contributed by atoms with Crippen LogP contribution in [0.3, 0.4) is 0 Å². The second kappa shape index (κ2) is 23.8. The van der Waals surface area contributed by atoms with Gasteiger partial charge in [0.05, 0.1) is 6.10 Å². The van der Waals surface area contributed by atoms with Gasteiger partial charge in [0.1, 0.15) is 29.2 Å². The first-order valence-electron chi connectivity index (χ1n) is 19.0. The van der Waals surface area contributed by atoms with Gasteiger partial charge in [-0.3, -0.25) is 28.8 Å². The number of aliphatic hydroxyl groups is 1. The number of unbranched alkanes of at least 4 members (excludes halogenated alkanes) is 4. The Hall–Kier alpha value is -6.03. The van der Waals surface area contributed by atoms with E-state index in [2.05, 4.69) is 38.8 Å². The van der Waals surface area contributed by atoms with E-state index in [9.17, 15) is 48.9 Å². The molecule has 57 heavy (non-hydrogen) atoms. The summed E-state index contributed by atoms with van der Waals surface area (Å²) in [4.78, 5) is 90.6. The number of allylic oxidation sites excluding steroid dienone is 2. The maximum atomic E-state index is 13.9. The van der Waals surface area contributed by atoms with Crippen molar-refractivity contribution in [2.45, 2.75) is 111 Å². The predicted octanol–water partition coefficient (Wildman–Crippen LogP) is 3.68. The molecule has 0 fully saturated rings. The lowest BCUT2D eigenvalue weighted by atomic mass is 10.0. The summed E-state index contributed by atoms with van der Waals surface area (Å²) in [5.74, 6) is -5.69. The third-order valence-electron chi connectivity index (χ3n) is 8.65. The van der Waals surface area contributed by atoms with Crippen LogP contribution in [0.25, 0.3) is 0 Å². The molecule has 0 unspecified atom stereocenters. The van der Waals surface area contributed by atoms with Gasteiger partial charge in [-0.25, -0.2) is 4.79 Å². The number of carboxylic acid groups (broad SMARTS) is 1. The Balaban J connectivity index is 2.22. The van der Waals surface area contributed by atoms with Crippen molar-refractivity contribution >= 4 is 47.1 Å². The van der Waals surface area contributed by atoms with Gasteiger partial charge >= 0.3 is 5.97 Å². The van der Waals surface area contributed by atoms with Crippen molar-refractivity contribution in [2.75, 3.05) is 5.32 Å². The summed E-state index contributed by atoms with van der Waals surface area (Å²) < 4.78 is 0. The van der Waals surface area contributed by atoms with E-state index >= 15 is 0 Å². The molecule has 2 aromatic carbocycles. The molecule has 2 aromatic rings. The van der Waals surface area contributed by atoms with E-state index < -0.39 is 59.7 Å². The molecule has 6 amide bonds. The molecule has 0 aromatic heterocycles. The molecule has 16 nitrogen and oxygen atoms in total. The average Bonchev–Trinajstić information content (AvgIpc) is 3.16. The predicted molar refractivity (Wildman–Crippen MR) is 213 cm³/mol. The van der Waals surface area contributed by atoms with Crippen LogP contribution in [0.1, 0.15) is 108 Å². The van der Waals surface area contributed by atoms with Crippen molar-refractivity contribution in [1.29, 1.82) is 0 Å². The number of hydrogen-bond acceptors (Lipinski definition) is 9. The third-order valence-corrected chi connectivity index (χ3v) is 8.65. The molecular formula is C41H56N6O10. The van der Waals surface area contributed by atoms with Gasteiger partial charge < -0.3 is 47.2 Å². The second-order valence-electron chi connectivity index (χ2n) is 13.9. The Morgan fingerprint density at radius 1 is 0.719 bits per heavy atom. The molecule has 0 radical (unpaired) electrons. The summed E-state index contributed by atoms with van der Waals surface area (Å²) in [6, 6.07) is 6.88. The van der Waals surface area contributed by atoms with Crippen LogP contribution in [0.4, 0.5) is 5.69 Å². The lowest BCUT2D eigenvalue weighted by molar-refractivity contribution is -0.141. The SMILES string of the molecule is C/C=C(/NC(=O)CCCCCCC)C(=O)N/C(=C/C)C(=O)N[C@H](CC(C)C)C(=O)N[C@H](C(=O)Nc1ccc(C(=O)N[C@H](C(=O)O)[C@@H](C)O)cc1)c1ccc(O)cc1. The molecular weight excluding hydrogens is 736 g/mol. The van der Waals surface area contributed by atoms with Crippen LogP contribution in [0.2, 0.25) is 0 Å². The lowest BCUT2D eigenvalue weighted by Gasteiger charge is -2.25. The van der Waals surface area contributed by atoms with E-state index in [1.165, 1.54) is 74.5 Å². The molecule has 0 aliphatic heterocycles. The Morgan fingerprint density at radius 2 is 1.32 bits per heavy atom. The molecule has 0 bridgehead atoms. The lowest BCUT2D eigenvalue weighted by Crippen LogP contribution is -2.51. The summed E-state index contributed by atoms with van der Waals surface area (Å²) in [5.41, 5.74) is 0.326.